The normalized spacial score (nSPS) is 36.7. The van der Waals surface area contributed by atoms with Crippen LogP contribution in [0.5, 0.6) is 0 Å². The zero-order valence-electron chi connectivity index (χ0n) is 21.5. The number of carbonyl (C=O) groups is 1. The Bertz CT molecular complexity index is 786. The summed E-state index contributed by atoms with van der Waals surface area (Å²) in [5.74, 6) is -0.299. The molecule has 11 heteroatoms. The van der Waals surface area contributed by atoms with Gasteiger partial charge in [0.25, 0.3) is 0 Å². The monoisotopic (exact) mass is 538 g/mol. The summed E-state index contributed by atoms with van der Waals surface area (Å²) in [6.07, 6.45) is 5.89. The molecule has 9 nitrogen and oxygen atoms in total. The Morgan fingerprint density at radius 3 is 2.17 bits per heavy atom. The van der Waals surface area contributed by atoms with Crippen LogP contribution in [0.2, 0.25) is 0 Å². The van der Waals surface area contributed by atoms with Crippen LogP contribution >= 0.6 is 11.6 Å². The van der Waals surface area contributed by atoms with Crippen LogP contribution in [0.4, 0.5) is 0 Å². The van der Waals surface area contributed by atoms with E-state index in [1.807, 2.05) is 0 Å². The number of hydrogen-bond donors (Lipinski definition) is 1. The summed E-state index contributed by atoms with van der Waals surface area (Å²) in [4.78, 5) is 13.2. The fourth-order valence-electron chi connectivity index (χ4n) is 5.99. The van der Waals surface area contributed by atoms with E-state index in [0.29, 0.717) is 38.5 Å². The van der Waals surface area contributed by atoms with Gasteiger partial charge in [0.15, 0.2) is 0 Å². The predicted molar refractivity (Wildman–Crippen MR) is 134 cm³/mol. The standard InChI is InChI=1S/C24H43ClN2O7S/c1-31-18-8-10-21(32-2)20(13-18)27(15-24(28)26-17-7-5-6-16(25)12-17)35(29,30)19-9-11-22(33-3)23(14-19)34-4/h16-23H,5-15H2,1-4H3,(H,26,28). The molecule has 3 fully saturated rings. The highest BCUT2D eigenvalue weighted by atomic mass is 35.5. The van der Waals surface area contributed by atoms with Gasteiger partial charge >= 0.3 is 0 Å². The summed E-state index contributed by atoms with van der Waals surface area (Å²) in [6.45, 7) is -0.241. The molecule has 0 heterocycles. The minimum Gasteiger partial charge on any atom is -0.381 e. The van der Waals surface area contributed by atoms with Crippen LogP contribution in [0.3, 0.4) is 0 Å². The minimum atomic E-state index is -3.84. The van der Waals surface area contributed by atoms with Crippen LogP contribution in [-0.2, 0) is 33.8 Å². The third-order valence-corrected chi connectivity index (χ3v) is 10.7. The van der Waals surface area contributed by atoms with Crippen molar-refractivity contribution in [3.05, 3.63) is 0 Å². The molecule has 8 unspecified atom stereocenters. The number of amides is 1. The minimum absolute atomic E-state index is 0.0328. The highest BCUT2D eigenvalue weighted by molar-refractivity contribution is 7.89. The Labute approximate surface area is 215 Å². The molecule has 204 valence electrons. The average molecular weight is 539 g/mol. The molecule has 35 heavy (non-hydrogen) atoms. The van der Waals surface area contributed by atoms with Gasteiger partial charge in [-0.2, -0.15) is 4.31 Å². The maximum absolute atomic E-state index is 14.1. The molecule has 0 radical (unpaired) electrons. The van der Waals surface area contributed by atoms with Crippen molar-refractivity contribution in [2.24, 2.45) is 0 Å². The van der Waals surface area contributed by atoms with E-state index in [-0.39, 0.29) is 48.3 Å². The van der Waals surface area contributed by atoms with Crippen molar-refractivity contribution in [3.8, 4) is 0 Å². The van der Waals surface area contributed by atoms with Crippen LogP contribution in [0.25, 0.3) is 0 Å². The lowest BCUT2D eigenvalue weighted by molar-refractivity contribution is -0.123. The summed E-state index contributed by atoms with van der Waals surface area (Å²) in [7, 11) is 2.60. The van der Waals surface area contributed by atoms with Crippen molar-refractivity contribution in [2.75, 3.05) is 35.0 Å². The van der Waals surface area contributed by atoms with Gasteiger partial charge in [0, 0.05) is 39.9 Å². The second-order valence-electron chi connectivity index (χ2n) is 10.1. The second kappa shape index (κ2) is 13.3. The first kappa shape index (κ1) is 29.1. The average Bonchev–Trinajstić information content (AvgIpc) is 2.86. The maximum atomic E-state index is 14.1. The Hall–Kier alpha value is -0.490. The Morgan fingerprint density at radius 1 is 0.857 bits per heavy atom. The number of alkyl halides is 1. The number of hydrogen-bond acceptors (Lipinski definition) is 7. The van der Waals surface area contributed by atoms with Crippen LogP contribution in [-0.4, -0.2) is 101 Å². The molecular weight excluding hydrogens is 496 g/mol. The molecule has 1 N–H and O–H groups in total. The molecule has 0 aromatic carbocycles. The third-order valence-electron chi connectivity index (χ3n) is 8.02. The van der Waals surface area contributed by atoms with Gasteiger partial charge in [0.05, 0.1) is 42.3 Å². The van der Waals surface area contributed by atoms with Crippen molar-refractivity contribution < 1.29 is 32.2 Å². The SMILES string of the molecule is COC1CCC(OC)C(N(CC(=O)NC2CCCC(Cl)C2)S(=O)(=O)C2CCC(OC)C(OC)C2)C1. The van der Waals surface area contributed by atoms with Gasteiger partial charge in [0.1, 0.15) is 0 Å². The van der Waals surface area contributed by atoms with Gasteiger partial charge in [-0.15, -0.1) is 11.6 Å². The number of methoxy groups -OCH3 is 4. The number of nitrogens with one attached hydrogen (secondary N) is 1. The lowest BCUT2D eigenvalue weighted by atomic mass is 9.90. The first-order valence-corrected chi connectivity index (χ1v) is 14.7. The molecule has 3 aliphatic carbocycles. The largest absolute Gasteiger partial charge is 0.381 e. The first-order valence-electron chi connectivity index (χ1n) is 12.8. The third kappa shape index (κ3) is 7.30. The molecule has 0 aliphatic heterocycles. The molecule has 8 atom stereocenters. The fourth-order valence-corrected chi connectivity index (χ4v) is 8.51. The van der Waals surface area contributed by atoms with Crippen molar-refractivity contribution in [3.63, 3.8) is 0 Å². The van der Waals surface area contributed by atoms with Crippen molar-refractivity contribution in [1.29, 1.82) is 0 Å². The molecule has 1 amide bonds. The van der Waals surface area contributed by atoms with E-state index in [1.54, 1.807) is 28.4 Å². The highest BCUT2D eigenvalue weighted by Crippen LogP contribution is 2.35. The lowest BCUT2D eigenvalue weighted by Crippen LogP contribution is -2.58. The summed E-state index contributed by atoms with van der Waals surface area (Å²) < 4.78 is 52.0. The topological polar surface area (TPSA) is 103 Å². The zero-order valence-corrected chi connectivity index (χ0v) is 23.1. The fraction of sp³-hybridized carbons (Fsp3) is 0.958. The van der Waals surface area contributed by atoms with Crippen molar-refractivity contribution in [2.45, 2.75) is 111 Å². The molecular formula is C24H43ClN2O7S. The van der Waals surface area contributed by atoms with Crippen LogP contribution < -0.4 is 5.32 Å². The number of rotatable bonds is 10. The molecule has 0 spiro atoms. The van der Waals surface area contributed by atoms with E-state index in [1.165, 1.54) is 4.31 Å². The van der Waals surface area contributed by atoms with Crippen molar-refractivity contribution >= 4 is 27.5 Å². The second-order valence-corrected chi connectivity index (χ2v) is 12.9. The zero-order chi connectivity index (χ0) is 25.6. The number of sulfonamides is 1. The predicted octanol–water partition coefficient (Wildman–Crippen LogP) is 2.45. The molecule has 3 saturated carbocycles. The summed E-state index contributed by atoms with van der Waals surface area (Å²) >= 11 is 6.31. The quantitative estimate of drug-likeness (QED) is 0.426. The highest BCUT2D eigenvalue weighted by Gasteiger charge is 2.46. The summed E-state index contributed by atoms with van der Waals surface area (Å²) in [5, 5.41) is 2.42. The summed E-state index contributed by atoms with van der Waals surface area (Å²) in [6, 6.07) is -0.516. The van der Waals surface area contributed by atoms with Gasteiger partial charge in [-0.05, 0) is 64.2 Å². The van der Waals surface area contributed by atoms with E-state index >= 15 is 0 Å². The lowest BCUT2D eigenvalue weighted by Gasteiger charge is -2.43. The first-order chi connectivity index (χ1) is 16.7. The van der Waals surface area contributed by atoms with Crippen LogP contribution in [0.15, 0.2) is 0 Å². The van der Waals surface area contributed by atoms with Gasteiger partial charge in [-0.3, -0.25) is 4.79 Å². The van der Waals surface area contributed by atoms with Crippen LogP contribution in [0, 0.1) is 0 Å². The van der Waals surface area contributed by atoms with Gasteiger partial charge < -0.3 is 24.3 Å². The molecule has 0 saturated heterocycles. The maximum Gasteiger partial charge on any atom is 0.235 e. The molecule has 3 rings (SSSR count). The number of carbonyl (C=O) groups excluding carboxylic acids is 1. The smallest absolute Gasteiger partial charge is 0.235 e. The van der Waals surface area contributed by atoms with E-state index < -0.39 is 21.3 Å². The van der Waals surface area contributed by atoms with Gasteiger partial charge in [-0.25, -0.2) is 8.42 Å². The Morgan fingerprint density at radius 2 is 1.54 bits per heavy atom. The Kier molecular flexibility index (Phi) is 11.1. The van der Waals surface area contributed by atoms with E-state index in [0.717, 1.165) is 25.7 Å². The molecule has 0 aromatic heterocycles. The molecule has 0 bridgehead atoms. The molecule has 3 aliphatic rings. The van der Waals surface area contributed by atoms with Gasteiger partial charge in [0.2, 0.25) is 15.9 Å². The Balaban J connectivity index is 1.84. The van der Waals surface area contributed by atoms with Crippen molar-refractivity contribution in [1.82, 2.24) is 9.62 Å². The van der Waals surface area contributed by atoms with E-state index in [9.17, 15) is 13.2 Å². The number of ether oxygens (including phenoxy) is 4. The summed E-state index contributed by atoms with van der Waals surface area (Å²) in [5.41, 5.74) is 0. The number of nitrogens with zero attached hydrogens (tertiary/aromatic N) is 1. The number of halogens is 1. The van der Waals surface area contributed by atoms with E-state index in [4.69, 9.17) is 30.5 Å². The van der Waals surface area contributed by atoms with Gasteiger partial charge in [-0.1, -0.05) is 0 Å². The van der Waals surface area contributed by atoms with Crippen LogP contribution in [0.1, 0.15) is 64.2 Å². The van der Waals surface area contributed by atoms with E-state index in [2.05, 4.69) is 5.32 Å². The molecule has 0 aromatic rings.